The molecule has 0 fully saturated rings. The minimum atomic E-state index is -0.974. The van der Waals surface area contributed by atoms with E-state index in [1.54, 1.807) is 19.1 Å². The van der Waals surface area contributed by atoms with Crippen molar-refractivity contribution in [2.45, 2.75) is 6.92 Å². The number of hydrogen-bond donors (Lipinski definition) is 2. The number of rotatable bonds is 2. The van der Waals surface area contributed by atoms with Gasteiger partial charge in [-0.15, -0.1) is 0 Å². The molecule has 1 aromatic heterocycles. The van der Waals surface area contributed by atoms with Gasteiger partial charge in [-0.05, 0) is 24.6 Å². The maximum absolute atomic E-state index is 13.5. The van der Waals surface area contributed by atoms with Gasteiger partial charge in [0.2, 0.25) is 0 Å². The molecule has 0 atom stereocenters. The van der Waals surface area contributed by atoms with Crippen molar-refractivity contribution >= 4 is 17.4 Å². The maximum atomic E-state index is 13.5. The number of benzene rings is 1. The Morgan fingerprint density at radius 1 is 1.32 bits per heavy atom. The summed E-state index contributed by atoms with van der Waals surface area (Å²) in [4.78, 5) is 15.8. The molecule has 19 heavy (non-hydrogen) atoms. The summed E-state index contributed by atoms with van der Waals surface area (Å²) < 4.78 is 26.5. The molecule has 0 unspecified atom stereocenters. The number of nitrogen functional groups attached to an aromatic ring is 1. The summed E-state index contributed by atoms with van der Waals surface area (Å²) in [7, 11) is 0. The number of anilines is 2. The van der Waals surface area contributed by atoms with Gasteiger partial charge in [-0.1, -0.05) is 6.07 Å². The summed E-state index contributed by atoms with van der Waals surface area (Å²) in [5.74, 6) is -2.29. The molecule has 0 aliphatic carbocycles. The average molecular weight is 263 g/mol. The SMILES string of the molecule is Cc1cccnc1NC(=O)c1cc(N)c(F)cc1F. The van der Waals surface area contributed by atoms with Crippen molar-refractivity contribution in [2.75, 3.05) is 11.1 Å². The summed E-state index contributed by atoms with van der Waals surface area (Å²) in [6.07, 6.45) is 1.50. The van der Waals surface area contributed by atoms with Crippen molar-refractivity contribution in [1.29, 1.82) is 0 Å². The number of hydrogen-bond acceptors (Lipinski definition) is 3. The second-order valence-corrected chi connectivity index (χ2v) is 3.98. The Morgan fingerprint density at radius 2 is 2.05 bits per heavy atom. The lowest BCUT2D eigenvalue weighted by Crippen LogP contribution is -2.16. The predicted molar refractivity (Wildman–Crippen MR) is 67.7 cm³/mol. The fraction of sp³-hybridized carbons (Fsp3) is 0.0769. The molecule has 0 spiro atoms. The number of nitrogens with zero attached hydrogens (tertiary/aromatic N) is 1. The van der Waals surface area contributed by atoms with Crippen LogP contribution in [0.5, 0.6) is 0 Å². The van der Waals surface area contributed by atoms with Gasteiger partial charge >= 0.3 is 0 Å². The van der Waals surface area contributed by atoms with E-state index in [4.69, 9.17) is 5.73 Å². The van der Waals surface area contributed by atoms with Crippen molar-refractivity contribution in [3.63, 3.8) is 0 Å². The van der Waals surface area contributed by atoms with Crippen molar-refractivity contribution in [1.82, 2.24) is 4.98 Å². The molecule has 4 nitrogen and oxygen atoms in total. The summed E-state index contributed by atoms with van der Waals surface area (Å²) in [5, 5.41) is 2.45. The predicted octanol–water partition coefficient (Wildman–Crippen LogP) is 2.50. The van der Waals surface area contributed by atoms with Gasteiger partial charge in [0.05, 0.1) is 11.3 Å². The van der Waals surface area contributed by atoms with Gasteiger partial charge in [0.15, 0.2) is 0 Å². The van der Waals surface area contributed by atoms with E-state index >= 15 is 0 Å². The van der Waals surface area contributed by atoms with Crippen LogP contribution < -0.4 is 11.1 Å². The molecule has 1 heterocycles. The van der Waals surface area contributed by atoms with Crippen molar-refractivity contribution in [2.24, 2.45) is 0 Å². The molecule has 1 amide bonds. The van der Waals surface area contributed by atoms with Gasteiger partial charge in [0.25, 0.3) is 5.91 Å². The Kier molecular flexibility index (Phi) is 3.41. The normalized spacial score (nSPS) is 10.3. The third kappa shape index (κ3) is 2.67. The van der Waals surface area contributed by atoms with E-state index < -0.39 is 17.5 Å². The smallest absolute Gasteiger partial charge is 0.259 e. The van der Waals surface area contributed by atoms with E-state index in [9.17, 15) is 13.6 Å². The number of pyridine rings is 1. The summed E-state index contributed by atoms with van der Waals surface area (Å²) in [6, 6.07) is 4.99. The first kappa shape index (κ1) is 12.9. The zero-order valence-electron chi connectivity index (χ0n) is 10.1. The van der Waals surface area contributed by atoms with Crippen LogP contribution >= 0.6 is 0 Å². The minimum Gasteiger partial charge on any atom is -0.396 e. The Hall–Kier alpha value is -2.50. The number of carbonyl (C=O) groups is 1. The average Bonchev–Trinajstić information content (AvgIpc) is 2.36. The highest BCUT2D eigenvalue weighted by Gasteiger charge is 2.16. The summed E-state index contributed by atoms with van der Waals surface area (Å²) in [6.45, 7) is 1.75. The summed E-state index contributed by atoms with van der Waals surface area (Å²) >= 11 is 0. The van der Waals surface area contributed by atoms with Crippen LogP contribution in [0.1, 0.15) is 15.9 Å². The lowest BCUT2D eigenvalue weighted by Gasteiger charge is -2.08. The molecule has 6 heteroatoms. The molecular formula is C13H11F2N3O. The Labute approximate surface area is 108 Å². The van der Waals surface area contributed by atoms with Crippen LogP contribution in [0.15, 0.2) is 30.5 Å². The second-order valence-electron chi connectivity index (χ2n) is 3.98. The van der Waals surface area contributed by atoms with E-state index in [0.29, 0.717) is 11.9 Å². The second kappa shape index (κ2) is 5.01. The number of halogens is 2. The van der Waals surface area contributed by atoms with Crippen LogP contribution in [-0.4, -0.2) is 10.9 Å². The quantitative estimate of drug-likeness (QED) is 0.818. The Morgan fingerprint density at radius 3 is 2.74 bits per heavy atom. The van der Waals surface area contributed by atoms with Crippen LogP contribution in [0.2, 0.25) is 0 Å². The fourth-order valence-electron chi connectivity index (χ4n) is 1.53. The van der Waals surface area contributed by atoms with E-state index in [-0.39, 0.29) is 11.3 Å². The van der Waals surface area contributed by atoms with Crippen LogP contribution in [0, 0.1) is 18.6 Å². The van der Waals surface area contributed by atoms with Gasteiger partial charge in [-0.3, -0.25) is 4.79 Å². The topological polar surface area (TPSA) is 68.0 Å². The zero-order valence-corrected chi connectivity index (χ0v) is 10.1. The zero-order chi connectivity index (χ0) is 14.0. The van der Waals surface area contributed by atoms with E-state index in [1.807, 2.05) is 0 Å². The van der Waals surface area contributed by atoms with Gasteiger partial charge < -0.3 is 11.1 Å². The summed E-state index contributed by atoms with van der Waals surface area (Å²) in [5.41, 5.74) is 5.42. The molecule has 0 aliphatic rings. The fourth-order valence-corrected chi connectivity index (χ4v) is 1.53. The van der Waals surface area contributed by atoms with Crippen LogP contribution in [0.4, 0.5) is 20.3 Å². The highest BCUT2D eigenvalue weighted by molar-refractivity contribution is 6.04. The molecule has 0 saturated heterocycles. The molecule has 1 aromatic carbocycles. The Bertz CT molecular complexity index is 644. The van der Waals surface area contributed by atoms with Crippen LogP contribution in [0.25, 0.3) is 0 Å². The lowest BCUT2D eigenvalue weighted by atomic mass is 10.1. The molecular weight excluding hydrogens is 252 g/mol. The molecule has 98 valence electrons. The molecule has 3 N–H and O–H groups in total. The third-order valence-corrected chi connectivity index (χ3v) is 2.57. The Balaban J connectivity index is 2.31. The van der Waals surface area contributed by atoms with Crippen LogP contribution in [0.3, 0.4) is 0 Å². The largest absolute Gasteiger partial charge is 0.396 e. The minimum absolute atomic E-state index is 0.288. The molecule has 0 bridgehead atoms. The first-order valence-corrected chi connectivity index (χ1v) is 5.46. The number of nitrogens with two attached hydrogens (primary N) is 1. The molecule has 0 saturated carbocycles. The molecule has 0 radical (unpaired) electrons. The van der Waals surface area contributed by atoms with Crippen molar-refractivity contribution in [3.8, 4) is 0 Å². The number of carbonyl (C=O) groups excluding carboxylic acids is 1. The number of nitrogens with one attached hydrogen (secondary N) is 1. The highest BCUT2D eigenvalue weighted by atomic mass is 19.1. The van der Waals surface area contributed by atoms with Crippen molar-refractivity contribution < 1.29 is 13.6 Å². The van der Waals surface area contributed by atoms with E-state index in [1.165, 1.54) is 6.20 Å². The van der Waals surface area contributed by atoms with Gasteiger partial charge in [0.1, 0.15) is 17.5 Å². The number of amides is 1. The van der Waals surface area contributed by atoms with Crippen LogP contribution in [-0.2, 0) is 0 Å². The lowest BCUT2D eigenvalue weighted by molar-refractivity contribution is 0.102. The number of aryl methyl sites for hydroxylation is 1. The first-order valence-electron chi connectivity index (χ1n) is 5.46. The number of aromatic nitrogens is 1. The van der Waals surface area contributed by atoms with Gasteiger partial charge in [0, 0.05) is 12.3 Å². The molecule has 2 aromatic rings. The van der Waals surface area contributed by atoms with E-state index in [2.05, 4.69) is 10.3 Å². The first-order chi connectivity index (χ1) is 8.99. The van der Waals surface area contributed by atoms with Gasteiger partial charge in [-0.2, -0.15) is 0 Å². The monoisotopic (exact) mass is 263 g/mol. The molecule has 2 rings (SSSR count). The highest BCUT2D eigenvalue weighted by Crippen LogP contribution is 2.18. The standard InChI is InChI=1S/C13H11F2N3O/c1-7-3-2-4-17-12(7)18-13(19)8-5-11(16)10(15)6-9(8)14/h2-6H,16H2,1H3,(H,17,18,19). The molecule has 0 aliphatic heterocycles. The van der Waals surface area contributed by atoms with Gasteiger partial charge in [-0.25, -0.2) is 13.8 Å². The van der Waals surface area contributed by atoms with Crippen molar-refractivity contribution in [3.05, 3.63) is 53.2 Å². The maximum Gasteiger partial charge on any atom is 0.259 e. The third-order valence-electron chi connectivity index (χ3n) is 2.57. The van der Waals surface area contributed by atoms with E-state index in [0.717, 1.165) is 11.6 Å².